The molecular formula is C40H23N3OS. The SMILES string of the molecule is c1ccc(-c2nc(-c3cccc4c3sc3c4ccc4c3c3ccccc3n4-c3ccccc3)nc3c2oc2ccccc23)cc1. The first kappa shape index (κ1) is 24.6. The summed E-state index contributed by atoms with van der Waals surface area (Å²) in [5.41, 5.74) is 8.76. The van der Waals surface area contributed by atoms with Crippen LogP contribution in [0.2, 0.25) is 0 Å². The second kappa shape index (κ2) is 9.36. The molecule has 0 saturated heterocycles. The summed E-state index contributed by atoms with van der Waals surface area (Å²) in [4.78, 5) is 10.4. The molecule has 0 atom stereocenters. The van der Waals surface area contributed by atoms with Gasteiger partial charge in [-0.2, -0.15) is 0 Å². The fraction of sp³-hybridized carbons (Fsp3) is 0. The van der Waals surface area contributed by atoms with E-state index in [1.807, 2.05) is 47.7 Å². The Labute approximate surface area is 261 Å². The van der Waals surface area contributed by atoms with E-state index < -0.39 is 0 Å². The number of fused-ring (bicyclic) bond motifs is 10. The molecule has 0 spiro atoms. The van der Waals surface area contributed by atoms with Crippen molar-refractivity contribution in [2.45, 2.75) is 0 Å². The van der Waals surface area contributed by atoms with Crippen LogP contribution in [-0.2, 0) is 0 Å². The highest BCUT2D eigenvalue weighted by molar-refractivity contribution is 7.27. The van der Waals surface area contributed by atoms with Crippen molar-refractivity contribution < 1.29 is 4.42 Å². The maximum Gasteiger partial charge on any atom is 0.180 e. The quantitative estimate of drug-likeness (QED) is 0.205. The summed E-state index contributed by atoms with van der Waals surface area (Å²) in [6.45, 7) is 0. The molecule has 0 unspecified atom stereocenters. The van der Waals surface area contributed by atoms with Crippen molar-refractivity contribution in [3.63, 3.8) is 0 Å². The molecule has 0 fully saturated rings. The van der Waals surface area contributed by atoms with Gasteiger partial charge in [0.15, 0.2) is 11.4 Å². The molecule has 45 heavy (non-hydrogen) atoms. The van der Waals surface area contributed by atoms with Crippen molar-refractivity contribution in [1.29, 1.82) is 0 Å². The summed E-state index contributed by atoms with van der Waals surface area (Å²) in [6.07, 6.45) is 0. The van der Waals surface area contributed by atoms with E-state index in [-0.39, 0.29) is 0 Å². The van der Waals surface area contributed by atoms with Crippen molar-refractivity contribution in [2.24, 2.45) is 0 Å². The summed E-state index contributed by atoms with van der Waals surface area (Å²) < 4.78 is 11.2. The lowest BCUT2D eigenvalue weighted by Gasteiger charge is -2.07. The van der Waals surface area contributed by atoms with Crippen LogP contribution < -0.4 is 0 Å². The first-order valence-electron chi connectivity index (χ1n) is 15.0. The molecule has 5 heteroatoms. The third-order valence-corrected chi connectivity index (χ3v) is 10.1. The Morgan fingerprint density at radius 2 is 1.24 bits per heavy atom. The first-order valence-corrected chi connectivity index (χ1v) is 15.8. The van der Waals surface area contributed by atoms with Gasteiger partial charge in [-0.1, -0.05) is 97.1 Å². The number of rotatable bonds is 3. The summed E-state index contributed by atoms with van der Waals surface area (Å²) in [7, 11) is 0. The standard InChI is InChI=1S/C40H23N3OS/c1-3-12-24(13-4-1)35-37-36(29-17-8-10-21-33(29)44-37)42-40(41-35)30-19-11-18-26-27-22-23-32-34(39(27)45-38(26)30)28-16-7-9-20-31(28)43(32)25-14-5-2-6-15-25/h1-23H. The molecule has 0 amide bonds. The van der Waals surface area contributed by atoms with Crippen molar-refractivity contribution in [1.82, 2.24) is 14.5 Å². The summed E-state index contributed by atoms with van der Waals surface area (Å²) in [5, 5.41) is 5.99. The smallest absolute Gasteiger partial charge is 0.180 e. The van der Waals surface area contributed by atoms with E-state index in [9.17, 15) is 0 Å². The largest absolute Gasteiger partial charge is 0.452 e. The maximum absolute atomic E-state index is 6.37. The lowest BCUT2D eigenvalue weighted by Crippen LogP contribution is -1.94. The topological polar surface area (TPSA) is 43.9 Å². The Kier molecular flexibility index (Phi) is 5.12. The molecule has 0 aliphatic carbocycles. The van der Waals surface area contributed by atoms with Gasteiger partial charge in [-0.3, -0.25) is 0 Å². The third-order valence-electron chi connectivity index (χ3n) is 8.82. The van der Waals surface area contributed by atoms with Crippen LogP contribution in [0.4, 0.5) is 0 Å². The highest BCUT2D eigenvalue weighted by atomic mass is 32.1. The normalized spacial score (nSPS) is 12.0. The summed E-state index contributed by atoms with van der Waals surface area (Å²) in [5.74, 6) is 0.702. The van der Waals surface area contributed by atoms with Gasteiger partial charge in [0.1, 0.15) is 16.8 Å². The van der Waals surface area contributed by atoms with E-state index in [4.69, 9.17) is 14.4 Å². The highest BCUT2D eigenvalue weighted by Crippen LogP contribution is 2.46. The number of thiophene rings is 1. The van der Waals surface area contributed by atoms with Gasteiger partial charge < -0.3 is 8.98 Å². The number of nitrogens with zero attached hydrogens (tertiary/aromatic N) is 3. The molecule has 0 N–H and O–H groups in total. The number of benzene rings is 6. The van der Waals surface area contributed by atoms with Crippen molar-refractivity contribution in [3.8, 4) is 28.3 Å². The minimum atomic E-state index is 0.702. The number of hydrogen-bond donors (Lipinski definition) is 0. The zero-order valence-electron chi connectivity index (χ0n) is 23.9. The van der Waals surface area contributed by atoms with Crippen LogP contribution in [0.1, 0.15) is 0 Å². The lowest BCUT2D eigenvalue weighted by atomic mass is 10.1. The van der Waals surface area contributed by atoms with Gasteiger partial charge in [-0.15, -0.1) is 11.3 Å². The average molecular weight is 594 g/mol. The van der Waals surface area contributed by atoms with E-state index >= 15 is 0 Å². The number of hydrogen-bond acceptors (Lipinski definition) is 4. The molecular weight excluding hydrogens is 571 g/mol. The highest BCUT2D eigenvalue weighted by Gasteiger charge is 2.22. The minimum Gasteiger partial charge on any atom is -0.452 e. The van der Waals surface area contributed by atoms with Crippen molar-refractivity contribution in [2.75, 3.05) is 0 Å². The second-order valence-corrected chi connectivity index (χ2v) is 12.4. The van der Waals surface area contributed by atoms with Gasteiger partial charge in [0, 0.05) is 53.1 Å². The zero-order chi connectivity index (χ0) is 29.5. The fourth-order valence-electron chi connectivity index (χ4n) is 6.84. The molecule has 0 bridgehead atoms. The number of aromatic nitrogens is 3. The van der Waals surface area contributed by atoms with Crippen LogP contribution in [0.3, 0.4) is 0 Å². The molecule has 6 aromatic carbocycles. The van der Waals surface area contributed by atoms with E-state index in [1.165, 1.54) is 42.0 Å². The van der Waals surface area contributed by atoms with Crippen LogP contribution in [0, 0.1) is 0 Å². The molecule has 0 radical (unpaired) electrons. The number of furan rings is 1. The Morgan fingerprint density at radius 1 is 0.533 bits per heavy atom. The monoisotopic (exact) mass is 593 g/mol. The Balaban J connectivity index is 1.30. The molecule has 210 valence electrons. The fourth-order valence-corrected chi connectivity index (χ4v) is 8.21. The summed E-state index contributed by atoms with van der Waals surface area (Å²) >= 11 is 1.83. The third kappa shape index (κ3) is 3.53. The molecule has 10 aromatic rings. The van der Waals surface area contributed by atoms with E-state index in [0.717, 1.165) is 39.0 Å². The van der Waals surface area contributed by atoms with Crippen LogP contribution in [0.5, 0.6) is 0 Å². The Hall–Kier alpha value is -5.78. The molecule has 4 heterocycles. The van der Waals surface area contributed by atoms with Crippen LogP contribution in [0.15, 0.2) is 144 Å². The van der Waals surface area contributed by atoms with Crippen LogP contribution >= 0.6 is 11.3 Å². The van der Waals surface area contributed by atoms with Crippen LogP contribution in [-0.4, -0.2) is 14.5 Å². The van der Waals surface area contributed by atoms with E-state index in [0.29, 0.717) is 11.4 Å². The maximum atomic E-state index is 6.37. The van der Waals surface area contributed by atoms with Crippen molar-refractivity contribution in [3.05, 3.63) is 140 Å². The molecule has 0 aliphatic heterocycles. The van der Waals surface area contributed by atoms with E-state index in [2.05, 4.69) is 108 Å². The van der Waals surface area contributed by atoms with E-state index in [1.54, 1.807) is 0 Å². The molecule has 10 rings (SSSR count). The number of para-hydroxylation sites is 3. The molecule has 0 saturated carbocycles. The molecule has 0 aliphatic rings. The Morgan fingerprint density at radius 3 is 2.11 bits per heavy atom. The predicted octanol–water partition coefficient (Wildman–Crippen LogP) is 11.2. The van der Waals surface area contributed by atoms with Crippen LogP contribution in [0.25, 0.3) is 92.4 Å². The van der Waals surface area contributed by atoms with Gasteiger partial charge in [0.2, 0.25) is 0 Å². The summed E-state index contributed by atoms with van der Waals surface area (Å²) in [6, 6.07) is 48.8. The van der Waals surface area contributed by atoms with Gasteiger partial charge in [-0.05, 0) is 42.5 Å². The van der Waals surface area contributed by atoms with Gasteiger partial charge in [-0.25, -0.2) is 9.97 Å². The second-order valence-electron chi connectivity index (χ2n) is 11.3. The Bertz CT molecular complexity index is 2760. The van der Waals surface area contributed by atoms with Gasteiger partial charge in [0.25, 0.3) is 0 Å². The lowest BCUT2D eigenvalue weighted by molar-refractivity contribution is 0.667. The average Bonchev–Trinajstić information content (AvgIpc) is 3.78. The first-order chi connectivity index (χ1) is 22.3. The molecule has 4 aromatic heterocycles. The van der Waals surface area contributed by atoms with Gasteiger partial charge >= 0.3 is 0 Å². The predicted molar refractivity (Wildman–Crippen MR) is 187 cm³/mol. The zero-order valence-corrected chi connectivity index (χ0v) is 24.8. The minimum absolute atomic E-state index is 0.702. The van der Waals surface area contributed by atoms with Gasteiger partial charge in [0.05, 0.1) is 11.0 Å². The molecule has 4 nitrogen and oxygen atoms in total. The van der Waals surface area contributed by atoms with Crippen molar-refractivity contribution >= 4 is 75.4 Å².